The molecule has 2 heterocycles. The summed E-state index contributed by atoms with van der Waals surface area (Å²) in [6.07, 6.45) is 10.2. The van der Waals surface area contributed by atoms with E-state index in [9.17, 15) is 29.7 Å². The van der Waals surface area contributed by atoms with Crippen molar-refractivity contribution in [1.29, 1.82) is 0 Å². The van der Waals surface area contributed by atoms with Gasteiger partial charge in [-0.2, -0.15) is 0 Å². The zero-order valence-corrected chi connectivity index (χ0v) is 31.5. The zero-order chi connectivity index (χ0) is 37.8. The lowest BCUT2D eigenvalue weighted by molar-refractivity contribution is -0.156. The molecule has 2 aliphatic rings. The number of aromatic hydroxyl groups is 1. The molecule has 11 heteroatoms. The van der Waals surface area contributed by atoms with E-state index in [1.165, 1.54) is 56.9 Å². The molecule has 11 nitrogen and oxygen atoms in total. The van der Waals surface area contributed by atoms with Gasteiger partial charge >= 0.3 is 17.9 Å². The van der Waals surface area contributed by atoms with E-state index in [0.29, 0.717) is 5.75 Å². The van der Waals surface area contributed by atoms with Crippen molar-refractivity contribution in [2.45, 2.75) is 157 Å². The SMILES string of the molecule is Cc1c(C)c2c(c(C)c1O)CC[C@@](C)(CCC[C@H](C)CCC[C@H](C)CCCC(C)C)O2.O=C(O)CCC(=O)OC[C@H](O)[C@H]1OC(=O)C(O)=C1O. The number of benzene rings is 1. The molecule has 0 spiro atoms. The average Bonchev–Trinajstić information content (AvgIpc) is 3.31. The fourth-order valence-corrected chi connectivity index (χ4v) is 6.55. The van der Waals surface area contributed by atoms with Crippen molar-refractivity contribution >= 4 is 17.9 Å². The third-order valence-electron chi connectivity index (χ3n) is 10.1. The molecule has 2 aliphatic heterocycles. The molecule has 0 radical (unpaired) electrons. The summed E-state index contributed by atoms with van der Waals surface area (Å²) < 4.78 is 15.6. The number of esters is 2. The van der Waals surface area contributed by atoms with Gasteiger partial charge in [0.2, 0.25) is 5.76 Å². The number of carbonyl (C=O) groups excluding carboxylic acids is 2. The highest BCUT2D eigenvalue weighted by atomic mass is 16.6. The predicted octanol–water partition coefficient (Wildman–Crippen LogP) is 7.85. The number of carboxylic acid groups (broad SMARTS) is 1. The number of hydrogen-bond acceptors (Lipinski definition) is 10. The van der Waals surface area contributed by atoms with Crippen molar-refractivity contribution < 1.29 is 54.1 Å². The first-order valence-corrected chi connectivity index (χ1v) is 18.3. The van der Waals surface area contributed by atoms with E-state index in [1.807, 2.05) is 13.8 Å². The lowest BCUT2D eigenvalue weighted by Gasteiger charge is -2.38. The van der Waals surface area contributed by atoms with Gasteiger partial charge in [-0.15, -0.1) is 0 Å². The van der Waals surface area contributed by atoms with Crippen LogP contribution in [0.1, 0.15) is 134 Å². The van der Waals surface area contributed by atoms with Crippen molar-refractivity contribution in [2.75, 3.05) is 6.61 Å². The number of aliphatic hydroxyl groups excluding tert-OH is 3. The number of aliphatic hydroxyl groups is 3. The first-order valence-electron chi connectivity index (χ1n) is 18.3. The molecule has 0 aromatic heterocycles. The summed E-state index contributed by atoms with van der Waals surface area (Å²) >= 11 is 0. The van der Waals surface area contributed by atoms with Crippen molar-refractivity contribution in [3.05, 3.63) is 33.8 Å². The highest BCUT2D eigenvalue weighted by Crippen LogP contribution is 2.44. The van der Waals surface area contributed by atoms with Gasteiger partial charge in [-0.3, -0.25) is 9.59 Å². The Hall–Kier alpha value is -3.47. The summed E-state index contributed by atoms with van der Waals surface area (Å²) in [6, 6.07) is 0. The normalized spacial score (nSPS) is 20.3. The lowest BCUT2D eigenvalue weighted by Crippen LogP contribution is -2.37. The third-order valence-corrected chi connectivity index (χ3v) is 10.1. The molecule has 284 valence electrons. The molecular formula is C39H62O11. The molecule has 0 amide bonds. The van der Waals surface area contributed by atoms with Gasteiger partial charge < -0.3 is 39.7 Å². The molecule has 0 fully saturated rings. The summed E-state index contributed by atoms with van der Waals surface area (Å²) in [5, 5.41) is 46.4. The minimum Gasteiger partial charge on any atom is -0.507 e. The molecule has 5 N–H and O–H groups in total. The molecule has 0 saturated carbocycles. The Labute approximate surface area is 298 Å². The maximum Gasteiger partial charge on any atom is 0.377 e. The maximum absolute atomic E-state index is 11.0. The minimum atomic E-state index is -1.57. The van der Waals surface area contributed by atoms with Crippen molar-refractivity contribution in [3.8, 4) is 11.5 Å². The third kappa shape index (κ3) is 13.0. The number of rotatable bonds is 18. The Morgan fingerprint density at radius 2 is 1.46 bits per heavy atom. The summed E-state index contributed by atoms with van der Waals surface area (Å²) in [6.45, 7) is 17.3. The van der Waals surface area contributed by atoms with Gasteiger partial charge in [0.05, 0.1) is 12.8 Å². The quantitative estimate of drug-likeness (QED) is 0.0938. The summed E-state index contributed by atoms with van der Waals surface area (Å²) in [5.41, 5.74) is 4.23. The Morgan fingerprint density at radius 1 is 0.880 bits per heavy atom. The number of phenolic OH excluding ortho intramolecular Hbond substituents is 1. The Balaban J connectivity index is 0.000000391. The number of ether oxygens (including phenoxy) is 3. The number of phenols is 1. The van der Waals surface area contributed by atoms with Gasteiger partial charge in [-0.25, -0.2) is 4.79 Å². The number of aliphatic carboxylic acids is 1. The van der Waals surface area contributed by atoms with Gasteiger partial charge in [0.15, 0.2) is 11.9 Å². The number of carbonyl (C=O) groups is 3. The topological polar surface area (TPSA) is 180 Å². The number of hydrogen-bond donors (Lipinski definition) is 5. The number of fused-ring (bicyclic) bond motifs is 1. The molecule has 1 aromatic carbocycles. The second-order valence-electron chi connectivity index (χ2n) is 15.1. The van der Waals surface area contributed by atoms with E-state index >= 15 is 0 Å². The van der Waals surface area contributed by atoms with Gasteiger partial charge in [0.25, 0.3) is 0 Å². The van der Waals surface area contributed by atoms with E-state index < -0.39 is 54.7 Å². The smallest absolute Gasteiger partial charge is 0.377 e. The van der Waals surface area contributed by atoms with Crippen LogP contribution in [0.3, 0.4) is 0 Å². The van der Waals surface area contributed by atoms with Crippen LogP contribution < -0.4 is 4.74 Å². The first kappa shape index (κ1) is 42.7. The Morgan fingerprint density at radius 3 is 2.00 bits per heavy atom. The molecular weight excluding hydrogens is 644 g/mol. The molecule has 3 rings (SSSR count). The van der Waals surface area contributed by atoms with Gasteiger partial charge in [0.1, 0.15) is 29.8 Å². The average molecular weight is 707 g/mol. The highest BCUT2D eigenvalue weighted by molar-refractivity contribution is 5.89. The van der Waals surface area contributed by atoms with Crippen LogP contribution in [0.2, 0.25) is 0 Å². The Bertz CT molecular complexity index is 1330. The number of carboxylic acids is 1. The molecule has 0 bridgehead atoms. The second-order valence-corrected chi connectivity index (χ2v) is 15.1. The first-order chi connectivity index (χ1) is 23.4. The van der Waals surface area contributed by atoms with Crippen LogP contribution in [0, 0.1) is 38.5 Å². The van der Waals surface area contributed by atoms with Crippen LogP contribution in [-0.2, 0) is 30.3 Å². The highest BCUT2D eigenvalue weighted by Gasteiger charge is 2.40. The molecule has 0 unspecified atom stereocenters. The summed E-state index contributed by atoms with van der Waals surface area (Å²) in [5.74, 6) is -1.06. The van der Waals surface area contributed by atoms with E-state index in [0.717, 1.165) is 59.5 Å². The number of cyclic esters (lactones) is 1. The maximum atomic E-state index is 11.0. The van der Waals surface area contributed by atoms with Gasteiger partial charge in [-0.05, 0) is 87.8 Å². The summed E-state index contributed by atoms with van der Waals surface area (Å²) in [7, 11) is 0. The molecule has 0 aliphatic carbocycles. The van der Waals surface area contributed by atoms with Crippen molar-refractivity contribution in [1.82, 2.24) is 0 Å². The fraction of sp³-hybridized carbons (Fsp3) is 0.718. The standard InChI is InChI=1S/C29H50O2.C10H12O9/c1-20(2)12-9-13-21(3)14-10-15-22(4)16-11-18-29(8)19-17-26-25(7)27(30)23(5)24(6)28(26)31-29;11-4(3-18-6(14)2-1-5(12)13)9-7(15)8(16)10(17)19-9/h20-22,30H,9-19H2,1-8H3;4,9,11,15-16H,1-3H2,(H,12,13)/t21-,22-,29-;4-,9+/m10/s1. The van der Waals surface area contributed by atoms with Crippen LogP contribution in [0.4, 0.5) is 0 Å². The molecule has 0 saturated heterocycles. The fourth-order valence-electron chi connectivity index (χ4n) is 6.55. The molecule has 50 heavy (non-hydrogen) atoms. The van der Waals surface area contributed by atoms with Crippen LogP contribution in [0.15, 0.2) is 11.5 Å². The molecule has 5 atom stereocenters. The van der Waals surface area contributed by atoms with Crippen LogP contribution in [0.25, 0.3) is 0 Å². The second kappa shape index (κ2) is 19.8. The van der Waals surface area contributed by atoms with E-state index in [1.54, 1.807) is 0 Å². The minimum absolute atomic E-state index is 0.0712. The zero-order valence-electron chi connectivity index (χ0n) is 31.5. The van der Waals surface area contributed by atoms with Gasteiger partial charge in [0, 0.05) is 5.56 Å². The van der Waals surface area contributed by atoms with E-state index in [2.05, 4.69) is 51.0 Å². The lowest BCUT2D eigenvalue weighted by atomic mass is 9.84. The van der Waals surface area contributed by atoms with Crippen molar-refractivity contribution in [3.63, 3.8) is 0 Å². The van der Waals surface area contributed by atoms with Crippen LogP contribution >= 0.6 is 0 Å². The van der Waals surface area contributed by atoms with E-state index in [-0.39, 0.29) is 12.0 Å². The van der Waals surface area contributed by atoms with Crippen LogP contribution in [-0.4, -0.2) is 67.9 Å². The van der Waals surface area contributed by atoms with E-state index in [4.69, 9.17) is 14.9 Å². The Kier molecular flexibility index (Phi) is 16.9. The monoisotopic (exact) mass is 706 g/mol. The van der Waals surface area contributed by atoms with Crippen molar-refractivity contribution in [2.24, 2.45) is 17.8 Å². The predicted molar refractivity (Wildman–Crippen MR) is 190 cm³/mol. The van der Waals surface area contributed by atoms with Gasteiger partial charge in [-0.1, -0.05) is 72.6 Å². The largest absolute Gasteiger partial charge is 0.507 e. The molecule has 1 aromatic rings. The summed E-state index contributed by atoms with van der Waals surface area (Å²) in [4.78, 5) is 32.1. The van der Waals surface area contributed by atoms with Crippen LogP contribution in [0.5, 0.6) is 11.5 Å².